The summed E-state index contributed by atoms with van der Waals surface area (Å²) in [5.74, 6) is 0. The Morgan fingerprint density at radius 1 is 0.487 bits per heavy atom. The number of fused-ring (bicyclic) bond motifs is 6. The summed E-state index contributed by atoms with van der Waals surface area (Å²) in [5.41, 5.74) is 9.60. The lowest BCUT2D eigenvalue weighted by atomic mass is 10.0. The summed E-state index contributed by atoms with van der Waals surface area (Å²) in [6, 6.07) is 48.9. The number of benzene rings is 6. The van der Waals surface area contributed by atoms with Gasteiger partial charge in [0.05, 0.1) is 11.0 Å². The highest BCUT2D eigenvalue weighted by Gasteiger charge is 2.16. The van der Waals surface area contributed by atoms with Gasteiger partial charge in [-0.1, -0.05) is 91.0 Å². The molecule has 0 aliphatic rings. The van der Waals surface area contributed by atoms with Crippen LogP contribution in [0.15, 0.2) is 144 Å². The smallest absolute Gasteiger partial charge is 0.143 e. The van der Waals surface area contributed by atoms with E-state index in [4.69, 9.17) is 4.42 Å². The molecule has 6 aromatic carbocycles. The Kier molecular flexibility index (Phi) is 4.82. The molecule has 0 fully saturated rings. The Bertz CT molecular complexity index is 2140. The zero-order chi connectivity index (χ0) is 25.8. The third-order valence-electron chi connectivity index (χ3n) is 7.54. The third kappa shape index (κ3) is 3.52. The van der Waals surface area contributed by atoms with Crippen LogP contribution in [0.2, 0.25) is 0 Å². The number of hydrogen-bond donors (Lipinski definition) is 1. The van der Waals surface area contributed by atoms with Gasteiger partial charge < -0.3 is 14.3 Å². The molecule has 0 radical (unpaired) electrons. The van der Waals surface area contributed by atoms with E-state index in [0.29, 0.717) is 0 Å². The summed E-state index contributed by atoms with van der Waals surface area (Å²) in [4.78, 5) is 0. The second-order valence-corrected chi connectivity index (χ2v) is 9.91. The van der Waals surface area contributed by atoms with E-state index in [9.17, 15) is 0 Å². The molecule has 0 saturated carbocycles. The van der Waals surface area contributed by atoms with E-state index in [-0.39, 0.29) is 0 Å². The summed E-state index contributed by atoms with van der Waals surface area (Å²) in [6.07, 6.45) is 0. The number of rotatable bonds is 4. The van der Waals surface area contributed by atoms with Crippen LogP contribution in [0.25, 0.3) is 60.6 Å². The van der Waals surface area contributed by atoms with Crippen LogP contribution in [0.1, 0.15) is 0 Å². The maximum Gasteiger partial charge on any atom is 0.143 e. The molecule has 3 nitrogen and oxygen atoms in total. The maximum atomic E-state index is 6.37. The van der Waals surface area contributed by atoms with Gasteiger partial charge >= 0.3 is 0 Å². The van der Waals surface area contributed by atoms with E-state index < -0.39 is 0 Å². The lowest BCUT2D eigenvalue weighted by Crippen LogP contribution is -1.95. The molecule has 0 aliphatic carbocycles. The van der Waals surface area contributed by atoms with E-state index in [1.165, 1.54) is 21.8 Å². The molecular weight excluding hydrogens is 476 g/mol. The molecule has 8 aromatic rings. The number of aromatic nitrogens is 1. The first kappa shape index (κ1) is 21.8. The van der Waals surface area contributed by atoms with E-state index in [2.05, 4.69) is 131 Å². The molecule has 1 N–H and O–H groups in total. The molecule has 39 heavy (non-hydrogen) atoms. The molecule has 0 unspecified atom stereocenters. The largest absolute Gasteiger partial charge is 0.455 e. The van der Waals surface area contributed by atoms with Crippen LogP contribution >= 0.6 is 0 Å². The minimum absolute atomic E-state index is 0.899. The summed E-state index contributed by atoms with van der Waals surface area (Å²) in [7, 11) is 0. The van der Waals surface area contributed by atoms with Crippen molar-refractivity contribution in [2.24, 2.45) is 0 Å². The molecule has 0 atom stereocenters. The summed E-state index contributed by atoms with van der Waals surface area (Å²) in [5, 5.41) is 8.43. The highest BCUT2D eigenvalue weighted by atomic mass is 16.3. The number of anilines is 2. The van der Waals surface area contributed by atoms with Crippen LogP contribution in [0.5, 0.6) is 0 Å². The Balaban J connectivity index is 1.32. The minimum Gasteiger partial charge on any atom is -0.455 e. The summed E-state index contributed by atoms with van der Waals surface area (Å²) in [6.45, 7) is 0. The van der Waals surface area contributed by atoms with Crippen molar-refractivity contribution >= 4 is 55.1 Å². The van der Waals surface area contributed by atoms with Crippen molar-refractivity contribution in [2.45, 2.75) is 0 Å². The fourth-order valence-electron chi connectivity index (χ4n) is 5.80. The fourth-order valence-corrected chi connectivity index (χ4v) is 5.80. The van der Waals surface area contributed by atoms with Crippen LogP contribution in [0.4, 0.5) is 11.4 Å². The summed E-state index contributed by atoms with van der Waals surface area (Å²) >= 11 is 0. The van der Waals surface area contributed by atoms with Crippen molar-refractivity contribution in [1.29, 1.82) is 0 Å². The van der Waals surface area contributed by atoms with Crippen molar-refractivity contribution in [1.82, 2.24) is 4.57 Å². The van der Waals surface area contributed by atoms with E-state index in [0.717, 1.165) is 50.1 Å². The standard InChI is InChI=1S/C36H24N2O/c1-3-11-24(12-4-1)31-21-26(22-32-30-16-8-10-18-35(30)39-36(31)32)37-25-19-20-29-28-15-7-9-17-33(28)38(34(29)23-25)27-13-5-2-6-14-27/h1-23,37H. The van der Waals surface area contributed by atoms with Crippen molar-refractivity contribution in [3.8, 4) is 16.8 Å². The fraction of sp³-hybridized carbons (Fsp3) is 0. The highest BCUT2D eigenvalue weighted by Crippen LogP contribution is 2.40. The monoisotopic (exact) mass is 500 g/mol. The van der Waals surface area contributed by atoms with Gasteiger partial charge in [-0.25, -0.2) is 0 Å². The number of nitrogens with one attached hydrogen (secondary N) is 1. The van der Waals surface area contributed by atoms with Crippen LogP contribution in [-0.2, 0) is 0 Å². The predicted octanol–water partition coefficient (Wildman–Crippen LogP) is 10.1. The lowest BCUT2D eigenvalue weighted by molar-refractivity contribution is 0.670. The first-order valence-corrected chi connectivity index (χ1v) is 13.2. The van der Waals surface area contributed by atoms with Crippen LogP contribution in [0.3, 0.4) is 0 Å². The molecule has 2 aromatic heterocycles. The predicted molar refractivity (Wildman–Crippen MR) is 163 cm³/mol. The minimum atomic E-state index is 0.899. The Morgan fingerprint density at radius 3 is 2.03 bits per heavy atom. The van der Waals surface area contributed by atoms with Gasteiger partial charge in [-0.2, -0.15) is 0 Å². The third-order valence-corrected chi connectivity index (χ3v) is 7.54. The van der Waals surface area contributed by atoms with Gasteiger partial charge in [-0.15, -0.1) is 0 Å². The van der Waals surface area contributed by atoms with Gasteiger partial charge in [-0.05, 0) is 54.1 Å². The van der Waals surface area contributed by atoms with E-state index >= 15 is 0 Å². The van der Waals surface area contributed by atoms with Gasteiger partial charge in [0.2, 0.25) is 0 Å². The normalized spacial score (nSPS) is 11.6. The number of hydrogen-bond acceptors (Lipinski definition) is 2. The van der Waals surface area contributed by atoms with E-state index in [1.54, 1.807) is 0 Å². The molecular formula is C36H24N2O. The molecule has 184 valence electrons. The second kappa shape index (κ2) is 8.64. The van der Waals surface area contributed by atoms with Crippen molar-refractivity contribution < 1.29 is 4.42 Å². The molecule has 3 heteroatoms. The van der Waals surface area contributed by atoms with Crippen molar-refractivity contribution in [3.05, 3.63) is 140 Å². The van der Waals surface area contributed by atoms with Crippen molar-refractivity contribution in [2.75, 3.05) is 5.32 Å². The SMILES string of the molecule is c1ccc(-c2cc(Nc3ccc4c5ccccc5n(-c5ccccc5)c4c3)cc3c2oc2ccccc23)cc1. The van der Waals surface area contributed by atoms with Crippen LogP contribution < -0.4 is 5.32 Å². The number of para-hydroxylation sites is 3. The highest BCUT2D eigenvalue weighted by molar-refractivity contribution is 6.12. The van der Waals surface area contributed by atoms with Crippen molar-refractivity contribution in [3.63, 3.8) is 0 Å². The molecule has 8 rings (SSSR count). The number of furan rings is 1. The lowest BCUT2D eigenvalue weighted by Gasteiger charge is -2.12. The first-order chi connectivity index (χ1) is 19.3. The molecule has 2 heterocycles. The summed E-state index contributed by atoms with van der Waals surface area (Å²) < 4.78 is 8.71. The second-order valence-electron chi connectivity index (χ2n) is 9.91. The molecule has 0 aliphatic heterocycles. The Labute approximate surface area is 225 Å². The Morgan fingerprint density at radius 2 is 1.18 bits per heavy atom. The van der Waals surface area contributed by atoms with Crippen LogP contribution in [-0.4, -0.2) is 4.57 Å². The molecule has 0 spiro atoms. The van der Waals surface area contributed by atoms with E-state index in [1.807, 2.05) is 18.2 Å². The maximum absolute atomic E-state index is 6.37. The topological polar surface area (TPSA) is 30.1 Å². The van der Waals surface area contributed by atoms with Gasteiger partial charge in [0.15, 0.2) is 0 Å². The van der Waals surface area contributed by atoms with Gasteiger partial charge in [0, 0.05) is 44.2 Å². The van der Waals surface area contributed by atoms with Gasteiger partial charge in [-0.3, -0.25) is 0 Å². The Hall–Kier alpha value is -5.28. The first-order valence-electron chi connectivity index (χ1n) is 13.2. The van der Waals surface area contributed by atoms with Crippen LogP contribution in [0, 0.1) is 0 Å². The zero-order valence-electron chi connectivity index (χ0n) is 21.1. The number of nitrogens with zero attached hydrogens (tertiary/aromatic N) is 1. The molecule has 0 amide bonds. The molecule has 0 bridgehead atoms. The average Bonchev–Trinajstić information content (AvgIpc) is 3.53. The van der Waals surface area contributed by atoms with Gasteiger partial charge in [0.1, 0.15) is 11.2 Å². The average molecular weight is 501 g/mol. The molecule has 0 saturated heterocycles. The van der Waals surface area contributed by atoms with Gasteiger partial charge in [0.25, 0.3) is 0 Å². The zero-order valence-corrected chi connectivity index (χ0v) is 21.1. The quantitative estimate of drug-likeness (QED) is 0.260.